The molecule has 5 nitrogen and oxygen atoms in total. The Morgan fingerprint density at radius 3 is 2.42 bits per heavy atom. The van der Waals surface area contributed by atoms with Crippen molar-refractivity contribution in [1.29, 1.82) is 0 Å². The molecule has 6 heteroatoms. The van der Waals surface area contributed by atoms with E-state index >= 15 is 0 Å². The summed E-state index contributed by atoms with van der Waals surface area (Å²) in [5.74, 6) is -0.211. The summed E-state index contributed by atoms with van der Waals surface area (Å²) in [4.78, 5) is 25.8. The average molecular weight is 430 g/mol. The Bertz CT molecular complexity index is 1250. The van der Waals surface area contributed by atoms with Gasteiger partial charge in [-0.15, -0.1) is 0 Å². The molecule has 31 heavy (non-hydrogen) atoms. The number of amides is 1. The van der Waals surface area contributed by atoms with Gasteiger partial charge in [0.2, 0.25) is 0 Å². The summed E-state index contributed by atoms with van der Waals surface area (Å²) in [6, 6.07) is 23.2. The van der Waals surface area contributed by atoms with E-state index in [1.807, 2.05) is 31.3 Å². The van der Waals surface area contributed by atoms with Crippen LogP contribution in [0.4, 0.5) is 5.82 Å². The van der Waals surface area contributed by atoms with E-state index in [1.165, 1.54) is 5.56 Å². The molecule has 0 atom stereocenters. The summed E-state index contributed by atoms with van der Waals surface area (Å²) in [7, 11) is 0. The van der Waals surface area contributed by atoms with Gasteiger partial charge in [0.05, 0.1) is 12.1 Å². The van der Waals surface area contributed by atoms with E-state index in [4.69, 9.17) is 11.6 Å². The molecule has 0 aliphatic heterocycles. The van der Waals surface area contributed by atoms with Gasteiger partial charge in [-0.05, 0) is 42.8 Å². The van der Waals surface area contributed by atoms with Crippen LogP contribution in [-0.4, -0.2) is 21.5 Å². The molecule has 0 bridgehead atoms. The van der Waals surface area contributed by atoms with Crippen LogP contribution < -0.4 is 5.32 Å². The summed E-state index contributed by atoms with van der Waals surface area (Å²) in [5, 5.41) is 7.76. The maximum atomic E-state index is 12.9. The lowest BCUT2D eigenvalue weighted by Gasteiger charge is -2.09. The number of benzene rings is 3. The first kappa shape index (κ1) is 20.6. The number of nitrogens with zero attached hydrogens (tertiary/aromatic N) is 2. The van der Waals surface area contributed by atoms with Gasteiger partial charge >= 0.3 is 0 Å². The minimum Gasteiger partial charge on any atom is -0.305 e. The van der Waals surface area contributed by atoms with E-state index in [-0.39, 0.29) is 11.3 Å². The van der Waals surface area contributed by atoms with Crippen molar-refractivity contribution in [3.05, 3.63) is 118 Å². The number of anilines is 1. The van der Waals surface area contributed by atoms with Crippen LogP contribution in [0.15, 0.2) is 85.1 Å². The van der Waals surface area contributed by atoms with E-state index < -0.39 is 5.91 Å². The molecule has 0 fully saturated rings. The van der Waals surface area contributed by atoms with Crippen LogP contribution in [0, 0.1) is 6.92 Å². The second kappa shape index (κ2) is 8.98. The number of aromatic nitrogens is 2. The van der Waals surface area contributed by atoms with E-state index in [1.54, 1.807) is 59.3 Å². The van der Waals surface area contributed by atoms with Crippen LogP contribution in [0.2, 0.25) is 5.02 Å². The van der Waals surface area contributed by atoms with Gasteiger partial charge in [-0.25, -0.2) is 0 Å². The minimum absolute atomic E-state index is 0.243. The molecular formula is C25H20ClN3O2. The maximum absolute atomic E-state index is 12.9. The summed E-state index contributed by atoms with van der Waals surface area (Å²) in [6.45, 7) is 2.64. The lowest BCUT2D eigenvalue weighted by Crippen LogP contribution is -2.17. The standard InChI is InChI=1S/C25H20ClN3O2/c1-17-5-4-6-18(15-17)16-29-14-13-23(28-29)27-25(31)22-8-3-2-7-21(22)24(30)19-9-11-20(26)12-10-19/h2-15H,16H2,1H3,(H,27,28,31). The van der Waals surface area contributed by atoms with Crippen LogP contribution >= 0.6 is 11.6 Å². The van der Waals surface area contributed by atoms with E-state index in [0.717, 1.165) is 5.56 Å². The SMILES string of the molecule is Cc1cccc(Cn2ccc(NC(=O)c3ccccc3C(=O)c3ccc(Cl)cc3)n2)c1. The molecule has 0 aliphatic carbocycles. The van der Waals surface area contributed by atoms with Crippen molar-refractivity contribution in [3.8, 4) is 0 Å². The Morgan fingerprint density at radius 1 is 0.935 bits per heavy atom. The van der Waals surface area contributed by atoms with Gasteiger partial charge < -0.3 is 5.32 Å². The summed E-state index contributed by atoms with van der Waals surface area (Å²) >= 11 is 5.91. The highest BCUT2D eigenvalue weighted by molar-refractivity contribution is 6.30. The van der Waals surface area contributed by atoms with Gasteiger partial charge in [0.15, 0.2) is 11.6 Å². The molecule has 4 rings (SSSR count). The third kappa shape index (κ3) is 4.90. The van der Waals surface area contributed by atoms with E-state index in [9.17, 15) is 9.59 Å². The smallest absolute Gasteiger partial charge is 0.257 e. The predicted molar refractivity (Wildman–Crippen MR) is 122 cm³/mol. The molecule has 0 radical (unpaired) electrons. The van der Waals surface area contributed by atoms with Gasteiger partial charge in [-0.2, -0.15) is 5.10 Å². The lowest BCUT2D eigenvalue weighted by molar-refractivity contribution is 0.0996. The number of halogens is 1. The van der Waals surface area contributed by atoms with Gasteiger partial charge in [-0.3, -0.25) is 14.3 Å². The average Bonchev–Trinajstić information content (AvgIpc) is 3.20. The van der Waals surface area contributed by atoms with E-state index in [2.05, 4.69) is 16.5 Å². The largest absolute Gasteiger partial charge is 0.305 e. The minimum atomic E-state index is -0.390. The third-order valence-electron chi connectivity index (χ3n) is 4.83. The molecule has 3 aromatic carbocycles. The zero-order valence-electron chi connectivity index (χ0n) is 16.9. The zero-order chi connectivity index (χ0) is 21.8. The first-order chi connectivity index (χ1) is 15.0. The predicted octanol–water partition coefficient (Wildman–Crippen LogP) is 5.38. The van der Waals surface area contributed by atoms with Crippen molar-refractivity contribution in [2.24, 2.45) is 0 Å². The molecule has 4 aromatic rings. The van der Waals surface area contributed by atoms with Crippen LogP contribution in [0.1, 0.15) is 37.4 Å². The third-order valence-corrected chi connectivity index (χ3v) is 5.08. The number of ketones is 1. The second-order valence-electron chi connectivity index (χ2n) is 7.22. The molecule has 1 amide bonds. The number of aryl methyl sites for hydroxylation is 1. The fraction of sp³-hybridized carbons (Fsp3) is 0.0800. The Labute approximate surface area is 185 Å². The van der Waals surface area contributed by atoms with E-state index in [0.29, 0.717) is 28.5 Å². The van der Waals surface area contributed by atoms with Crippen LogP contribution in [0.3, 0.4) is 0 Å². The molecule has 1 aromatic heterocycles. The molecule has 1 heterocycles. The van der Waals surface area contributed by atoms with Crippen molar-refractivity contribution in [1.82, 2.24) is 9.78 Å². The molecule has 0 spiro atoms. The number of rotatable bonds is 6. The summed E-state index contributed by atoms with van der Waals surface area (Å²) in [5.41, 5.74) is 3.38. The van der Waals surface area contributed by atoms with Gasteiger partial charge in [0.1, 0.15) is 0 Å². The Kier molecular flexibility index (Phi) is 5.96. The van der Waals surface area contributed by atoms with Crippen LogP contribution in [0.25, 0.3) is 0 Å². The fourth-order valence-corrected chi connectivity index (χ4v) is 3.46. The van der Waals surface area contributed by atoms with Crippen LogP contribution in [0.5, 0.6) is 0 Å². The van der Waals surface area contributed by atoms with Crippen molar-refractivity contribution in [2.45, 2.75) is 13.5 Å². The monoisotopic (exact) mass is 429 g/mol. The highest BCUT2D eigenvalue weighted by Crippen LogP contribution is 2.18. The quantitative estimate of drug-likeness (QED) is 0.419. The lowest BCUT2D eigenvalue weighted by atomic mass is 9.98. The van der Waals surface area contributed by atoms with Crippen molar-refractivity contribution >= 4 is 29.1 Å². The number of carbonyl (C=O) groups excluding carboxylic acids is 2. The van der Waals surface area contributed by atoms with Crippen molar-refractivity contribution in [2.75, 3.05) is 5.32 Å². The molecule has 0 saturated carbocycles. The summed E-state index contributed by atoms with van der Waals surface area (Å²) in [6.07, 6.45) is 1.81. The van der Waals surface area contributed by atoms with Gasteiger partial charge in [0.25, 0.3) is 5.91 Å². The number of hydrogen-bond donors (Lipinski definition) is 1. The Morgan fingerprint density at radius 2 is 1.68 bits per heavy atom. The normalized spacial score (nSPS) is 10.6. The van der Waals surface area contributed by atoms with Crippen molar-refractivity contribution < 1.29 is 9.59 Å². The molecule has 0 unspecified atom stereocenters. The number of nitrogens with one attached hydrogen (secondary N) is 1. The highest BCUT2D eigenvalue weighted by Gasteiger charge is 2.18. The zero-order valence-corrected chi connectivity index (χ0v) is 17.6. The van der Waals surface area contributed by atoms with Gasteiger partial charge in [-0.1, -0.05) is 59.6 Å². The number of hydrogen-bond acceptors (Lipinski definition) is 3. The Hall–Kier alpha value is -3.70. The van der Waals surface area contributed by atoms with Gasteiger partial charge in [0, 0.05) is 28.4 Å². The highest BCUT2D eigenvalue weighted by atomic mass is 35.5. The maximum Gasteiger partial charge on any atom is 0.257 e. The molecule has 0 saturated heterocycles. The first-order valence-electron chi connectivity index (χ1n) is 9.79. The van der Waals surface area contributed by atoms with Crippen LogP contribution in [-0.2, 0) is 6.54 Å². The summed E-state index contributed by atoms with van der Waals surface area (Å²) < 4.78 is 1.76. The number of carbonyl (C=O) groups is 2. The second-order valence-corrected chi connectivity index (χ2v) is 7.66. The molecular weight excluding hydrogens is 410 g/mol. The molecule has 1 N–H and O–H groups in total. The first-order valence-corrected chi connectivity index (χ1v) is 10.2. The molecule has 0 aliphatic rings. The fourth-order valence-electron chi connectivity index (χ4n) is 3.33. The topological polar surface area (TPSA) is 64.0 Å². The molecule has 154 valence electrons. The van der Waals surface area contributed by atoms with Crippen molar-refractivity contribution in [3.63, 3.8) is 0 Å². The Balaban J connectivity index is 1.51.